The summed E-state index contributed by atoms with van der Waals surface area (Å²) in [5.41, 5.74) is -0.340. The molecule has 0 aliphatic carbocycles. The van der Waals surface area contributed by atoms with Crippen LogP contribution in [0.25, 0.3) is 0 Å². The van der Waals surface area contributed by atoms with E-state index >= 15 is 0 Å². The van der Waals surface area contributed by atoms with E-state index in [-0.39, 0.29) is 12.3 Å². The molecule has 1 spiro atoms. The van der Waals surface area contributed by atoms with Gasteiger partial charge < -0.3 is 20.3 Å². The first-order valence-electron chi connectivity index (χ1n) is 14.2. The van der Waals surface area contributed by atoms with Crippen LogP contribution < -0.4 is 15.5 Å². The number of hydrogen-bond acceptors (Lipinski definition) is 6. The molecule has 2 heterocycles. The Morgan fingerprint density at radius 3 is 2.53 bits per heavy atom. The minimum absolute atomic E-state index is 0.213. The van der Waals surface area contributed by atoms with Crippen molar-refractivity contribution in [3.8, 4) is 0 Å². The summed E-state index contributed by atoms with van der Waals surface area (Å²) in [5, 5.41) is 6.89. The summed E-state index contributed by atoms with van der Waals surface area (Å²) in [6, 6.07) is 21.2. The first-order chi connectivity index (χ1) is 20.8. The molecule has 2 aliphatic heterocycles. The van der Waals surface area contributed by atoms with Gasteiger partial charge in [-0.25, -0.2) is 0 Å². The standard InChI is InChI=1S/C32H34Cl2N4O4S/c1-3-37(17-18-42-2)16-8-15-35-29(40)31(43-25-11-5-4-6-12-25)21-28(39)38(24-10-7-9-22(33)19-24)32(31)26-14-13-23(34)20-27(26)36-30(32)41/h4-7,9-14,19-20H,3,8,15-18,21H2,1-2H3,(H,35,40)(H,36,41). The molecular weight excluding hydrogens is 607 g/mol. The van der Waals surface area contributed by atoms with Gasteiger partial charge in [-0.15, -0.1) is 11.8 Å². The van der Waals surface area contributed by atoms with E-state index in [1.807, 2.05) is 30.3 Å². The molecule has 3 aromatic rings. The fourth-order valence-corrected chi connectivity index (χ4v) is 7.87. The minimum atomic E-state index is -1.73. The van der Waals surface area contributed by atoms with Gasteiger partial charge in [0.1, 0.15) is 4.75 Å². The largest absolute Gasteiger partial charge is 0.383 e. The van der Waals surface area contributed by atoms with Crippen LogP contribution in [0.15, 0.2) is 77.7 Å². The highest BCUT2D eigenvalue weighted by molar-refractivity contribution is 8.01. The zero-order chi connectivity index (χ0) is 30.6. The van der Waals surface area contributed by atoms with Crippen molar-refractivity contribution in [2.45, 2.75) is 34.9 Å². The predicted octanol–water partition coefficient (Wildman–Crippen LogP) is 5.58. The van der Waals surface area contributed by atoms with Crippen molar-refractivity contribution in [3.05, 3.63) is 88.4 Å². The summed E-state index contributed by atoms with van der Waals surface area (Å²) in [5.74, 6) is -1.24. The van der Waals surface area contributed by atoms with Crippen molar-refractivity contribution in [2.24, 2.45) is 0 Å². The third-order valence-electron chi connectivity index (χ3n) is 7.98. The molecule has 43 heavy (non-hydrogen) atoms. The normalized spacial score (nSPS) is 21.0. The van der Waals surface area contributed by atoms with Gasteiger partial charge in [-0.1, -0.05) is 60.5 Å². The van der Waals surface area contributed by atoms with Gasteiger partial charge in [0.25, 0.3) is 5.91 Å². The molecule has 5 rings (SSSR count). The Morgan fingerprint density at radius 2 is 1.81 bits per heavy atom. The number of amides is 3. The number of nitrogens with zero attached hydrogens (tertiary/aromatic N) is 2. The van der Waals surface area contributed by atoms with Crippen LogP contribution in [0.4, 0.5) is 11.4 Å². The average Bonchev–Trinajstić information content (AvgIpc) is 3.43. The van der Waals surface area contributed by atoms with E-state index in [4.69, 9.17) is 27.9 Å². The molecule has 0 radical (unpaired) electrons. The van der Waals surface area contributed by atoms with E-state index in [2.05, 4.69) is 22.5 Å². The number of carbonyl (C=O) groups is 3. The number of halogens is 2. The van der Waals surface area contributed by atoms with Crippen molar-refractivity contribution in [1.82, 2.24) is 10.2 Å². The van der Waals surface area contributed by atoms with Gasteiger partial charge in [-0.05, 0) is 62.0 Å². The van der Waals surface area contributed by atoms with Crippen LogP contribution in [-0.4, -0.2) is 67.3 Å². The number of rotatable bonds is 12. The number of benzene rings is 3. The van der Waals surface area contributed by atoms with Crippen molar-refractivity contribution < 1.29 is 19.1 Å². The predicted molar refractivity (Wildman–Crippen MR) is 172 cm³/mol. The molecule has 0 aromatic heterocycles. The maximum atomic E-state index is 14.7. The SMILES string of the molecule is CCN(CCCNC(=O)C1(Sc2ccccc2)CC(=O)N(c2cccc(Cl)c2)C12C(=O)Nc1cc(Cl)ccc12)CCOC. The van der Waals surface area contributed by atoms with E-state index in [1.54, 1.807) is 49.6 Å². The second-order valence-electron chi connectivity index (χ2n) is 10.5. The molecule has 2 atom stereocenters. The first-order valence-corrected chi connectivity index (χ1v) is 15.8. The third-order valence-corrected chi connectivity index (χ3v) is 9.93. The van der Waals surface area contributed by atoms with Crippen LogP contribution in [0.3, 0.4) is 0 Å². The van der Waals surface area contributed by atoms with E-state index < -0.39 is 22.1 Å². The molecule has 1 fully saturated rings. The molecule has 8 nitrogen and oxygen atoms in total. The smallest absolute Gasteiger partial charge is 0.257 e. The number of nitrogens with one attached hydrogen (secondary N) is 2. The zero-order valence-electron chi connectivity index (χ0n) is 24.1. The van der Waals surface area contributed by atoms with Gasteiger partial charge in [0.2, 0.25) is 11.8 Å². The van der Waals surface area contributed by atoms with Gasteiger partial charge in [-0.3, -0.25) is 19.3 Å². The maximum Gasteiger partial charge on any atom is 0.257 e. The molecule has 0 bridgehead atoms. The number of hydrogen-bond donors (Lipinski definition) is 2. The fourth-order valence-electron chi connectivity index (χ4n) is 6.02. The molecule has 3 aromatic carbocycles. The maximum absolute atomic E-state index is 14.7. The summed E-state index contributed by atoms with van der Waals surface area (Å²) in [6.07, 6.45) is 0.474. The topological polar surface area (TPSA) is 91.0 Å². The van der Waals surface area contributed by atoms with E-state index in [1.165, 1.54) is 16.7 Å². The summed E-state index contributed by atoms with van der Waals surface area (Å²) >= 11 is 14.0. The second kappa shape index (κ2) is 13.3. The second-order valence-corrected chi connectivity index (χ2v) is 12.8. The number of methoxy groups -OCH3 is 1. The number of carbonyl (C=O) groups excluding carboxylic acids is 3. The molecule has 2 unspecified atom stereocenters. The van der Waals surface area contributed by atoms with Crippen LogP contribution in [0.1, 0.15) is 25.3 Å². The van der Waals surface area contributed by atoms with Gasteiger partial charge in [0.15, 0.2) is 5.54 Å². The lowest BCUT2D eigenvalue weighted by Crippen LogP contribution is -2.64. The van der Waals surface area contributed by atoms with Gasteiger partial charge in [-0.2, -0.15) is 0 Å². The molecule has 11 heteroatoms. The molecule has 2 N–H and O–H groups in total. The van der Waals surface area contributed by atoms with Crippen LogP contribution in [0.2, 0.25) is 10.0 Å². The number of thioether (sulfide) groups is 1. The summed E-state index contributed by atoms with van der Waals surface area (Å²) in [6.45, 7) is 5.49. The molecule has 2 aliphatic rings. The lowest BCUT2D eigenvalue weighted by molar-refractivity contribution is -0.130. The van der Waals surface area contributed by atoms with Gasteiger partial charge in [0, 0.05) is 52.1 Å². The summed E-state index contributed by atoms with van der Waals surface area (Å²) < 4.78 is 3.64. The number of ether oxygens (including phenoxy) is 1. The highest BCUT2D eigenvalue weighted by Gasteiger charge is 2.74. The van der Waals surface area contributed by atoms with Crippen molar-refractivity contribution >= 4 is 64.1 Å². The lowest BCUT2D eigenvalue weighted by Gasteiger charge is -2.43. The molecule has 1 saturated heterocycles. The van der Waals surface area contributed by atoms with Crippen LogP contribution in [0.5, 0.6) is 0 Å². The average molecular weight is 642 g/mol. The van der Waals surface area contributed by atoms with Crippen molar-refractivity contribution in [2.75, 3.05) is 50.1 Å². The Kier molecular flexibility index (Phi) is 9.68. The third kappa shape index (κ3) is 5.77. The minimum Gasteiger partial charge on any atom is -0.383 e. The lowest BCUT2D eigenvalue weighted by atomic mass is 9.77. The van der Waals surface area contributed by atoms with Crippen LogP contribution in [-0.2, 0) is 24.7 Å². The van der Waals surface area contributed by atoms with Gasteiger partial charge in [0.05, 0.1) is 13.0 Å². The zero-order valence-corrected chi connectivity index (χ0v) is 26.4. The molecule has 0 saturated carbocycles. The van der Waals surface area contributed by atoms with E-state index in [0.29, 0.717) is 46.6 Å². The monoisotopic (exact) mass is 640 g/mol. The Labute approximate surface area is 266 Å². The number of fused-ring (bicyclic) bond motifs is 2. The highest BCUT2D eigenvalue weighted by atomic mass is 35.5. The summed E-state index contributed by atoms with van der Waals surface area (Å²) in [4.78, 5) is 47.8. The number of likely N-dealkylation sites (N-methyl/N-ethyl adjacent to an activating group) is 1. The quantitative estimate of drug-likeness (QED) is 0.251. The van der Waals surface area contributed by atoms with Crippen LogP contribution >= 0.6 is 35.0 Å². The van der Waals surface area contributed by atoms with Crippen LogP contribution in [0, 0.1) is 0 Å². The number of anilines is 2. The fraction of sp³-hybridized carbons (Fsp3) is 0.344. The van der Waals surface area contributed by atoms with E-state index in [0.717, 1.165) is 24.5 Å². The molecule has 226 valence electrons. The Hall–Kier alpha value is -3.08. The highest BCUT2D eigenvalue weighted by Crippen LogP contribution is 2.61. The van der Waals surface area contributed by atoms with Crippen molar-refractivity contribution in [3.63, 3.8) is 0 Å². The van der Waals surface area contributed by atoms with E-state index in [9.17, 15) is 14.4 Å². The first kappa shape index (κ1) is 31.3. The van der Waals surface area contributed by atoms with Gasteiger partial charge >= 0.3 is 0 Å². The molecular formula is C32H34Cl2N4O4S. The Bertz CT molecular complexity index is 1510. The molecule has 3 amide bonds. The Morgan fingerprint density at radius 1 is 1.05 bits per heavy atom. The summed E-state index contributed by atoms with van der Waals surface area (Å²) in [7, 11) is 1.68. The Balaban J connectivity index is 1.62. The van der Waals surface area contributed by atoms with Crippen molar-refractivity contribution in [1.29, 1.82) is 0 Å².